The molecular formula is C21H19Cl2NOTi. The van der Waals surface area contributed by atoms with Crippen LogP contribution < -0.4 is 0 Å². The first-order valence-corrected chi connectivity index (χ1v) is 12.3. The Labute approximate surface area is 171 Å². The third-order valence-corrected chi connectivity index (χ3v) is 3.71. The van der Waals surface area contributed by atoms with Crippen LogP contribution in [0, 0.1) is 13.8 Å². The van der Waals surface area contributed by atoms with E-state index < -0.39 is 17.0 Å². The van der Waals surface area contributed by atoms with E-state index in [1.165, 1.54) is 11.1 Å². The Morgan fingerprint density at radius 2 is 1.50 bits per heavy atom. The van der Waals surface area contributed by atoms with Gasteiger partial charge in [0, 0.05) is 17.3 Å². The summed E-state index contributed by atoms with van der Waals surface area (Å²) in [4.78, 5) is 4.51. The van der Waals surface area contributed by atoms with E-state index in [4.69, 9.17) is 18.6 Å². The van der Waals surface area contributed by atoms with Gasteiger partial charge in [0.25, 0.3) is 0 Å². The number of hydrogen-bond donors (Lipinski definition) is 1. The number of rotatable bonds is 3. The maximum atomic E-state index is 10.5. The van der Waals surface area contributed by atoms with E-state index in [0.29, 0.717) is 5.56 Å². The molecule has 5 heteroatoms. The predicted molar refractivity (Wildman–Crippen MR) is 108 cm³/mol. The van der Waals surface area contributed by atoms with Crippen molar-refractivity contribution in [1.82, 2.24) is 0 Å². The quantitative estimate of drug-likeness (QED) is 0.367. The molecular weight excluding hydrogens is 401 g/mol. The second-order valence-electron chi connectivity index (χ2n) is 5.78. The molecule has 132 valence electrons. The van der Waals surface area contributed by atoms with Crippen molar-refractivity contribution in [2.75, 3.05) is 0 Å². The van der Waals surface area contributed by atoms with E-state index in [-0.39, 0.29) is 5.75 Å². The second-order valence-corrected chi connectivity index (χ2v) is 8.36. The third-order valence-electron chi connectivity index (χ3n) is 3.71. The molecule has 26 heavy (non-hydrogen) atoms. The summed E-state index contributed by atoms with van der Waals surface area (Å²) >= 11 is -0.556. The van der Waals surface area contributed by atoms with E-state index in [9.17, 15) is 5.11 Å². The van der Waals surface area contributed by atoms with Crippen molar-refractivity contribution < 1.29 is 22.1 Å². The van der Waals surface area contributed by atoms with Crippen LogP contribution >= 0.6 is 18.6 Å². The molecule has 0 radical (unpaired) electrons. The van der Waals surface area contributed by atoms with Crippen molar-refractivity contribution >= 4 is 30.5 Å². The molecule has 0 saturated carbocycles. The molecule has 1 N–H and O–H groups in total. The van der Waals surface area contributed by atoms with Crippen LogP contribution in [-0.2, 0) is 17.0 Å². The summed E-state index contributed by atoms with van der Waals surface area (Å²) in [6, 6.07) is 21.8. The first kappa shape index (κ1) is 20.7. The van der Waals surface area contributed by atoms with Gasteiger partial charge < -0.3 is 5.11 Å². The number of aryl methyl sites for hydroxylation is 2. The molecule has 0 spiro atoms. The molecule has 0 aliphatic rings. The van der Waals surface area contributed by atoms with Crippen LogP contribution in [0.25, 0.3) is 11.1 Å². The van der Waals surface area contributed by atoms with Crippen LogP contribution in [0.15, 0.2) is 71.7 Å². The van der Waals surface area contributed by atoms with Crippen LogP contribution in [0.4, 0.5) is 5.69 Å². The van der Waals surface area contributed by atoms with Crippen LogP contribution in [0.3, 0.4) is 0 Å². The van der Waals surface area contributed by atoms with E-state index >= 15 is 0 Å². The first-order valence-electron chi connectivity index (χ1n) is 8.01. The van der Waals surface area contributed by atoms with E-state index in [1.54, 1.807) is 6.21 Å². The summed E-state index contributed by atoms with van der Waals surface area (Å²) < 4.78 is 0. The Kier molecular flexibility index (Phi) is 8.41. The summed E-state index contributed by atoms with van der Waals surface area (Å²) in [5.41, 5.74) is 5.78. The van der Waals surface area contributed by atoms with Crippen molar-refractivity contribution in [2.45, 2.75) is 13.8 Å². The van der Waals surface area contributed by atoms with Gasteiger partial charge in [0.15, 0.2) is 0 Å². The van der Waals surface area contributed by atoms with Gasteiger partial charge in [0.1, 0.15) is 5.75 Å². The fraction of sp³-hybridized carbons (Fsp3) is 0.0952. The average Bonchev–Trinajstić information content (AvgIpc) is 2.61. The second kappa shape index (κ2) is 10.5. The average molecular weight is 420 g/mol. The Morgan fingerprint density at radius 3 is 2.12 bits per heavy atom. The Balaban J connectivity index is 0.000000758. The molecule has 0 fully saturated rings. The summed E-state index contributed by atoms with van der Waals surface area (Å²) in [6.45, 7) is 4.11. The molecule has 3 aromatic carbocycles. The molecule has 3 rings (SSSR count). The van der Waals surface area contributed by atoms with Gasteiger partial charge in [0.05, 0.1) is 5.69 Å². The van der Waals surface area contributed by atoms with Crippen molar-refractivity contribution in [3.05, 3.63) is 83.4 Å². The number of para-hydroxylation sites is 1. The molecule has 0 aliphatic heterocycles. The molecule has 3 aromatic rings. The molecule has 0 saturated heterocycles. The van der Waals surface area contributed by atoms with Gasteiger partial charge in [-0.15, -0.1) is 0 Å². The topological polar surface area (TPSA) is 32.6 Å². The van der Waals surface area contributed by atoms with Crippen molar-refractivity contribution in [3.8, 4) is 16.9 Å². The zero-order valence-electron chi connectivity index (χ0n) is 14.6. The van der Waals surface area contributed by atoms with E-state index in [2.05, 4.69) is 24.9 Å². The monoisotopic (exact) mass is 419 g/mol. The number of phenolic OH excluding ortho intramolecular Hbond substituents is 1. The number of hydrogen-bond acceptors (Lipinski definition) is 2. The molecule has 0 heterocycles. The van der Waals surface area contributed by atoms with Crippen LogP contribution in [0.5, 0.6) is 5.75 Å². The van der Waals surface area contributed by atoms with Gasteiger partial charge in [-0.05, 0) is 48.7 Å². The Hall–Kier alpha value is -1.58. The molecule has 0 aliphatic carbocycles. The molecule has 2 nitrogen and oxygen atoms in total. The normalized spacial score (nSPS) is 10.3. The van der Waals surface area contributed by atoms with E-state index in [1.807, 2.05) is 60.7 Å². The molecule has 0 unspecified atom stereocenters. The fourth-order valence-corrected chi connectivity index (χ4v) is 2.69. The fourth-order valence-electron chi connectivity index (χ4n) is 2.69. The molecule has 0 amide bonds. The molecule has 0 atom stereocenters. The minimum absolute atomic E-state index is 0.256. The van der Waals surface area contributed by atoms with Gasteiger partial charge >= 0.3 is 35.6 Å². The summed E-state index contributed by atoms with van der Waals surface area (Å²) in [5, 5.41) is 10.5. The van der Waals surface area contributed by atoms with Crippen LogP contribution in [-0.4, -0.2) is 11.3 Å². The van der Waals surface area contributed by atoms with Gasteiger partial charge in [-0.25, -0.2) is 0 Å². The number of nitrogens with zero attached hydrogens (tertiary/aromatic N) is 1. The van der Waals surface area contributed by atoms with E-state index in [0.717, 1.165) is 16.8 Å². The molecule has 0 aromatic heterocycles. The summed E-state index contributed by atoms with van der Waals surface area (Å²) in [6.07, 6.45) is 1.72. The van der Waals surface area contributed by atoms with Crippen molar-refractivity contribution in [2.24, 2.45) is 4.99 Å². The van der Waals surface area contributed by atoms with Gasteiger partial charge in [-0.1, -0.05) is 48.5 Å². The summed E-state index contributed by atoms with van der Waals surface area (Å²) in [7, 11) is 9.78. The number of aliphatic imine (C=N–C) groups is 1. The Morgan fingerprint density at radius 1 is 0.885 bits per heavy atom. The maximum absolute atomic E-state index is 10.5. The van der Waals surface area contributed by atoms with Crippen LogP contribution in [0.2, 0.25) is 0 Å². The minimum atomic E-state index is -0.556. The standard InChI is InChI=1S/C21H19NO.2ClH.Ti/c1-15-11-16(2)13-19(12-15)22-14-18-9-6-10-20(21(18)23)17-7-4-3-5-8-17;;;/h3-14,23H,1-2H3;2*1H;/q;;;+2/p-2. The number of aromatic hydroxyl groups is 1. The van der Waals surface area contributed by atoms with Gasteiger partial charge in [-0.2, -0.15) is 0 Å². The van der Waals surface area contributed by atoms with Crippen molar-refractivity contribution in [3.63, 3.8) is 0 Å². The van der Waals surface area contributed by atoms with Crippen molar-refractivity contribution in [1.29, 1.82) is 0 Å². The zero-order chi connectivity index (χ0) is 18.9. The zero-order valence-corrected chi connectivity index (χ0v) is 17.7. The van der Waals surface area contributed by atoms with Crippen LogP contribution in [0.1, 0.15) is 16.7 Å². The van der Waals surface area contributed by atoms with Gasteiger partial charge in [0.2, 0.25) is 0 Å². The summed E-state index contributed by atoms with van der Waals surface area (Å²) in [5.74, 6) is 0.256. The number of phenols is 1. The van der Waals surface area contributed by atoms with Gasteiger partial charge in [-0.3, -0.25) is 4.99 Å². The number of halogens is 2. The molecule has 0 bridgehead atoms. The Bertz CT molecular complexity index is 862. The number of benzene rings is 3. The predicted octanol–water partition coefficient (Wildman–Crippen LogP) is 6.80. The SMILES string of the molecule is Cc1cc(C)cc(N=Cc2cccc(-c3ccccc3)c2O)c1.[Cl][Ti][Cl]. The third kappa shape index (κ3) is 6.00. The first-order chi connectivity index (χ1) is 12.5.